The van der Waals surface area contributed by atoms with E-state index in [4.69, 9.17) is 4.74 Å². The van der Waals surface area contributed by atoms with E-state index in [0.29, 0.717) is 5.88 Å². The lowest BCUT2D eigenvalue weighted by atomic mass is 10.2. The predicted molar refractivity (Wildman–Crippen MR) is 75.2 cm³/mol. The Morgan fingerprint density at radius 2 is 1.89 bits per heavy atom. The third kappa shape index (κ3) is 4.90. The normalized spacial score (nSPS) is 10.4. The number of hydrogen-bond acceptors (Lipinski definition) is 4. The van der Waals surface area contributed by atoms with Crippen LogP contribution >= 0.6 is 0 Å². The fraction of sp³-hybridized carbons (Fsp3) is 0.714. The summed E-state index contributed by atoms with van der Waals surface area (Å²) in [5.41, 5.74) is 0.993. The van der Waals surface area contributed by atoms with Crippen molar-refractivity contribution in [3.8, 4) is 5.88 Å². The van der Waals surface area contributed by atoms with Crippen molar-refractivity contribution in [2.24, 2.45) is 0 Å². The number of nitrogens with zero attached hydrogens (tertiary/aromatic N) is 2. The van der Waals surface area contributed by atoms with Gasteiger partial charge >= 0.3 is 0 Å². The first-order valence-electron chi connectivity index (χ1n) is 6.97. The van der Waals surface area contributed by atoms with E-state index < -0.39 is 0 Å². The number of nitrogens with one attached hydrogen (secondary N) is 1. The van der Waals surface area contributed by atoms with Crippen LogP contribution in [0.25, 0.3) is 0 Å². The van der Waals surface area contributed by atoms with Crippen LogP contribution in [0, 0.1) is 6.92 Å². The van der Waals surface area contributed by atoms with Crippen molar-refractivity contribution in [1.82, 2.24) is 9.97 Å². The summed E-state index contributed by atoms with van der Waals surface area (Å²) >= 11 is 0. The topological polar surface area (TPSA) is 47.0 Å². The highest BCUT2D eigenvalue weighted by molar-refractivity contribution is 5.47. The van der Waals surface area contributed by atoms with Crippen LogP contribution in [-0.2, 0) is 0 Å². The lowest BCUT2D eigenvalue weighted by molar-refractivity contribution is 0.291. The van der Waals surface area contributed by atoms with Crippen molar-refractivity contribution < 1.29 is 4.74 Å². The predicted octanol–water partition coefficient (Wildman–Crippen LogP) is 3.57. The van der Waals surface area contributed by atoms with E-state index in [1.54, 1.807) is 6.33 Å². The Bertz CT molecular complexity index is 342. The molecule has 0 aliphatic rings. The minimum Gasteiger partial charge on any atom is -0.477 e. The van der Waals surface area contributed by atoms with Crippen LogP contribution in [0.5, 0.6) is 5.88 Å². The van der Waals surface area contributed by atoms with E-state index in [9.17, 15) is 0 Å². The molecule has 0 fully saturated rings. The van der Waals surface area contributed by atoms with Gasteiger partial charge < -0.3 is 10.1 Å². The zero-order valence-corrected chi connectivity index (χ0v) is 11.8. The number of hydrogen-bond donors (Lipinski definition) is 1. The summed E-state index contributed by atoms with van der Waals surface area (Å²) in [6.45, 7) is 7.87. The minimum atomic E-state index is 0.705. The van der Waals surface area contributed by atoms with Gasteiger partial charge in [0.15, 0.2) is 0 Å². The second-order valence-electron chi connectivity index (χ2n) is 4.45. The molecule has 4 heteroatoms. The number of anilines is 1. The Hall–Kier alpha value is -1.32. The Balaban J connectivity index is 2.35. The molecule has 0 aliphatic carbocycles. The van der Waals surface area contributed by atoms with Crippen molar-refractivity contribution in [2.45, 2.75) is 52.9 Å². The lowest BCUT2D eigenvalue weighted by Crippen LogP contribution is -2.06. The molecule has 1 heterocycles. The van der Waals surface area contributed by atoms with Crippen LogP contribution in [-0.4, -0.2) is 23.1 Å². The first-order chi connectivity index (χ1) is 8.79. The van der Waals surface area contributed by atoms with Gasteiger partial charge in [-0.1, -0.05) is 32.6 Å². The molecule has 0 spiro atoms. The third-order valence-electron chi connectivity index (χ3n) is 2.87. The molecule has 1 rings (SSSR count). The zero-order chi connectivity index (χ0) is 13.2. The Kier molecular flexibility index (Phi) is 7.14. The maximum atomic E-state index is 5.71. The molecule has 0 atom stereocenters. The Morgan fingerprint density at radius 1 is 1.11 bits per heavy atom. The molecular formula is C14H25N3O. The van der Waals surface area contributed by atoms with Crippen molar-refractivity contribution in [2.75, 3.05) is 18.5 Å². The molecule has 0 saturated heterocycles. The van der Waals surface area contributed by atoms with E-state index in [1.807, 2.05) is 6.92 Å². The second-order valence-corrected chi connectivity index (χ2v) is 4.45. The van der Waals surface area contributed by atoms with Gasteiger partial charge in [-0.3, -0.25) is 0 Å². The number of ether oxygens (including phenoxy) is 1. The average Bonchev–Trinajstić information content (AvgIpc) is 2.38. The minimum absolute atomic E-state index is 0.705. The Morgan fingerprint density at radius 3 is 2.61 bits per heavy atom. The van der Waals surface area contributed by atoms with Crippen LogP contribution in [0.2, 0.25) is 0 Å². The summed E-state index contributed by atoms with van der Waals surface area (Å²) in [5, 5.41) is 3.20. The van der Waals surface area contributed by atoms with E-state index >= 15 is 0 Å². The smallest absolute Gasteiger partial charge is 0.221 e. The monoisotopic (exact) mass is 251 g/mol. The molecule has 0 bridgehead atoms. The van der Waals surface area contributed by atoms with Gasteiger partial charge in [-0.2, -0.15) is 0 Å². The van der Waals surface area contributed by atoms with E-state index in [0.717, 1.165) is 31.0 Å². The van der Waals surface area contributed by atoms with Gasteiger partial charge in [0, 0.05) is 6.54 Å². The summed E-state index contributed by atoms with van der Waals surface area (Å²) in [5.74, 6) is 1.57. The maximum Gasteiger partial charge on any atom is 0.221 e. The quantitative estimate of drug-likeness (QED) is 0.682. The molecule has 0 aromatic carbocycles. The largest absolute Gasteiger partial charge is 0.477 e. The van der Waals surface area contributed by atoms with Gasteiger partial charge in [0.05, 0.1) is 12.2 Å². The summed E-state index contributed by atoms with van der Waals surface area (Å²) in [6.07, 6.45) is 7.77. The second kappa shape index (κ2) is 8.72. The molecule has 1 aromatic heterocycles. The van der Waals surface area contributed by atoms with Crippen LogP contribution in [0.15, 0.2) is 6.33 Å². The molecule has 1 aromatic rings. The van der Waals surface area contributed by atoms with E-state index in [2.05, 4.69) is 29.1 Å². The fourth-order valence-electron chi connectivity index (χ4n) is 1.80. The first-order valence-corrected chi connectivity index (χ1v) is 6.97. The van der Waals surface area contributed by atoms with Crippen molar-refractivity contribution in [3.63, 3.8) is 0 Å². The van der Waals surface area contributed by atoms with Gasteiger partial charge in [0.1, 0.15) is 12.1 Å². The fourth-order valence-corrected chi connectivity index (χ4v) is 1.80. The highest BCUT2D eigenvalue weighted by atomic mass is 16.5. The first kappa shape index (κ1) is 14.7. The molecular weight excluding hydrogens is 226 g/mol. The molecule has 4 nitrogen and oxygen atoms in total. The van der Waals surface area contributed by atoms with Crippen molar-refractivity contribution >= 4 is 5.82 Å². The summed E-state index contributed by atoms with van der Waals surface area (Å²) in [4.78, 5) is 8.38. The molecule has 0 unspecified atom stereocenters. The third-order valence-corrected chi connectivity index (χ3v) is 2.87. The molecule has 0 saturated carbocycles. The van der Waals surface area contributed by atoms with E-state index in [1.165, 1.54) is 25.7 Å². The van der Waals surface area contributed by atoms with Gasteiger partial charge in [-0.15, -0.1) is 0 Å². The van der Waals surface area contributed by atoms with Gasteiger partial charge in [0.2, 0.25) is 5.88 Å². The molecule has 102 valence electrons. The molecule has 0 aliphatic heterocycles. The number of rotatable bonds is 9. The van der Waals surface area contributed by atoms with Gasteiger partial charge in [0.25, 0.3) is 0 Å². The SMILES string of the molecule is CCCCCCCOc1ncnc(NCC)c1C. The van der Waals surface area contributed by atoms with Gasteiger partial charge in [-0.05, 0) is 20.3 Å². The highest BCUT2D eigenvalue weighted by Crippen LogP contribution is 2.20. The van der Waals surface area contributed by atoms with Crippen LogP contribution in [0.3, 0.4) is 0 Å². The molecule has 0 radical (unpaired) electrons. The lowest BCUT2D eigenvalue weighted by Gasteiger charge is -2.11. The van der Waals surface area contributed by atoms with Crippen LogP contribution in [0.1, 0.15) is 51.5 Å². The maximum absolute atomic E-state index is 5.71. The van der Waals surface area contributed by atoms with Gasteiger partial charge in [-0.25, -0.2) is 9.97 Å². The summed E-state index contributed by atoms with van der Waals surface area (Å²) < 4.78 is 5.71. The van der Waals surface area contributed by atoms with Crippen LogP contribution in [0.4, 0.5) is 5.82 Å². The Labute approximate surface area is 110 Å². The van der Waals surface area contributed by atoms with Crippen molar-refractivity contribution in [1.29, 1.82) is 0 Å². The molecule has 1 N–H and O–H groups in total. The molecule has 18 heavy (non-hydrogen) atoms. The van der Waals surface area contributed by atoms with Crippen molar-refractivity contribution in [3.05, 3.63) is 11.9 Å². The summed E-state index contributed by atoms with van der Waals surface area (Å²) in [6, 6.07) is 0. The highest BCUT2D eigenvalue weighted by Gasteiger charge is 2.06. The van der Waals surface area contributed by atoms with Crippen LogP contribution < -0.4 is 10.1 Å². The summed E-state index contributed by atoms with van der Waals surface area (Å²) in [7, 11) is 0. The van der Waals surface area contributed by atoms with E-state index in [-0.39, 0.29) is 0 Å². The average molecular weight is 251 g/mol. The number of unbranched alkanes of at least 4 members (excludes halogenated alkanes) is 4. The standard InChI is InChI=1S/C14H25N3O/c1-4-6-7-8-9-10-18-14-12(3)13(15-5-2)16-11-17-14/h11H,4-10H2,1-3H3,(H,15,16,17). The zero-order valence-electron chi connectivity index (χ0n) is 11.8. The molecule has 0 amide bonds. The number of aromatic nitrogens is 2.